The van der Waals surface area contributed by atoms with Crippen LogP contribution in [0.15, 0.2) is 59.7 Å². The van der Waals surface area contributed by atoms with Crippen LogP contribution >= 0.6 is 0 Å². The molecule has 0 radical (unpaired) electrons. The second-order valence-corrected chi connectivity index (χ2v) is 9.09. The Morgan fingerprint density at radius 2 is 1.77 bits per heavy atom. The number of fused-ring (bicyclic) bond motifs is 1. The van der Waals surface area contributed by atoms with E-state index in [1.54, 1.807) is 27.4 Å². The average Bonchev–Trinajstić information content (AvgIpc) is 3.11. The van der Waals surface area contributed by atoms with Crippen LogP contribution in [0.25, 0.3) is 17.2 Å². The summed E-state index contributed by atoms with van der Waals surface area (Å²) in [5, 5.41) is 3.56. The van der Waals surface area contributed by atoms with E-state index in [1.807, 2.05) is 18.2 Å². The lowest BCUT2D eigenvalue weighted by Crippen LogP contribution is -2.19. The molecule has 2 aliphatic rings. The van der Waals surface area contributed by atoms with Gasteiger partial charge in [-0.3, -0.25) is 0 Å². The molecule has 0 aromatic heterocycles. The van der Waals surface area contributed by atoms with Crippen LogP contribution in [0, 0.1) is 11.7 Å². The van der Waals surface area contributed by atoms with Crippen LogP contribution in [0.3, 0.4) is 0 Å². The Labute approximate surface area is 207 Å². The zero-order valence-electron chi connectivity index (χ0n) is 21.2. The maximum atomic E-state index is 14.2. The van der Waals surface area contributed by atoms with Gasteiger partial charge >= 0.3 is 0 Å². The molecular formula is C30H34FNO3. The predicted molar refractivity (Wildman–Crippen MR) is 141 cm³/mol. The molecule has 0 saturated carbocycles. The molecule has 5 heteroatoms. The molecular weight excluding hydrogens is 441 g/mol. The number of rotatable bonds is 9. The monoisotopic (exact) mass is 475 g/mol. The molecule has 0 spiro atoms. The van der Waals surface area contributed by atoms with Gasteiger partial charge in [0.1, 0.15) is 5.82 Å². The molecule has 0 amide bonds. The van der Waals surface area contributed by atoms with Crippen LogP contribution in [-0.4, -0.2) is 34.4 Å². The summed E-state index contributed by atoms with van der Waals surface area (Å²) in [4.78, 5) is 0. The molecule has 2 aliphatic carbocycles. The molecule has 1 atom stereocenters. The van der Waals surface area contributed by atoms with Crippen molar-refractivity contribution in [2.45, 2.75) is 26.7 Å². The molecule has 1 unspecified atom stereocenters. The van der Waals surface area contributed by atoms with E-state index in [9.17, 15) is 4.39 Å². The van der Waals surface area contributed by atoms with Gasteiger partial charge in [-0.2, -0.15) is 0 Å². The van der Waals surface area contributed by atoms with E-state index in [-0.39, 0.29) is 5.82 Å². The Hall–Kier alpha value is -3.31. The molecule has 0 saturated heterocycles. The van der Waals surface area contributed by atoms with E-state index in [1.165, 1.54) is 17.2 Å². The fourth-order valence-electron chi connectivity index (χ4n) is 4.78. The van der Waals surface area contributed by atoms with Crippen LogP contribution in [0.4, 0.5) is 4.39 Å². The molecule has 1 N–H and O–H groups in total. The Balaban J connectivity index is 1.61. The van der Waals surface area contributed by atoms with Gasteiger partial charge in [0.15, 0.2) is 11.5 Å². The topological polar surface area (TPSA) is 39.7 Å². The van der Waals surface area contributed by atoms with E-state index < -0.39 is 0 Å². The second-order valence-electron chi connectivity index (χ2n) is 9.09. The standard InChI is InChI=1S/C30H34FNO3/c1-19-6-8-21(9-7-19)18-32-13-12-24-20(2)26(25-11-10-23(31)17-27(24)25)14-22-15-28(33-3)30(35-5)29(16-22)34-4/h6,8-11,14-17,19,32H,7,12-13,18H2,1-5H3/b26-14-. The van der Waals surface area contributed by atoms with E-state index in [0.717, 1.165) is 53.8 Å². The third-order valence-electron chi connectivity index (χ3n) is 6.72. The largest absolute Gasteiger partial charge is 0.493 e. The van der Waals surface area contributed by atoms with Crippen molar-refractivity contribution in [3.05, 3.63) is 82.2 Å². The third-order valence-corrected chi connectivity index (χ3v) is 6.72. The summed E-state index contributed by atoms with van der Waals surface area (Å²) >= 11 is 0. The number of nitrogens with one attached hydrogen (secondary N) is 1. The normalized spacial score (nSPS) is 18.1. The molecule has 0 bridgehead atoms. The minimum atomic E-state index is -0.220. The molecule has 184 valence electrons. The quantitative estimate of drug-likeness (QED) is 0.411. The molecule has 2 aromatic carbocycles. The van der Waals surface area contributed by atoms with E-state index in [2.05, 4.69) is 43.5 Å². The first-order chi connectivity index (χ1) is 16.9. The Morgan fingerprint density at radius 3 is 2.40 bits per heavy atom. The number of hydrogen-bond acceptors (Lipinski definition) is 4. The highest BCUT2D eigenvalue weighted by molar-refractivity contribution is 6.05. The van der Waals surface area contributed by atoms with Crippen LogP contribution in [-0.2, 0) is 0 Å². The van der Waals surface area contributed by atoms with Gasteiger partial charge in [0.05, 0.1) is 21.3 Å². The lowest BCUT2D eigenvalue weighted by molar-refractivity contribution is 0.324. The molecule has 2 aromatic rings. The third kappa shape index (κ3) is 5.35. The summed E-state index contributed by atoms with van der Waals surface area (Å²) in [6.45, 7) is 6.01. The van der Waals surface area contributed by atoms with Gasteiger partial charge < -0.3 is 19.5 Å². The lowest BCUT2D eigenvalue weighted by Gasteiger charge is -2.13. The van der Waals surface area contributed by atoms with Crippen molar-refractivity contribution in [2.75, 3.05) is 34.4 Å². The summed E-state index contributed by atoms with van der Waals surface area (Å²) in [5.41, 5.74) is 7.67. The Morgan fingerprint density at radius 1 is 1.03 bits per heavy atom. The number of methoxy groups -OCH3 is 3. The van der Waals surface area contributed by atoms with Crippen LogP contribution < -0.4 is 19.5 Å². The smallest absolute Gasteiger partial charge is 0.203 e. The van der Waals surface area contributed by atoms with Gasteiger partial charge in [-0.15, -0.1) is 0 Å². The number of halogens is 1. The number of ether oxygens (including phenoxy) is 3. The van der Waals surface area contributed by atoms with Gasteiger partial charge in [0, 0.05) is 6.54 Å². The van der Waals surface area contributed by atoms with E-state index in [4.69, 9.17) is 14.2 Å². The highest BCUT2D eigenvalue weighted by atomic mass is 19.1. The summed E-state index contributed by atoms with van der Waals surface area (Å²) in [6, 6.07) is 8.90. The number of allylic oxidation sites excluding steroid dienone is 4. The summed E-state index contributed by atoms with van der Waals surface area (Å²) in [6.07, 6.45) is 10.8. The van der Waals surface area contributed by atoms with Crippen molar-refractivity contribution < 1.29 is 18.6 Å². The molecule has 35 heavy (non-hydrogen) atoms. The van der Waals surface area contributed by atoms with Gasteiger partial charge in [-0.25, -0.2) is 4.39 Å². The van der Waals surface area contributed by atoms with E-state index in [0.29, 0.717) is 23.2 Å². The van der Waals surface area contributed by atoms with Crippen molar-refractivity contribution in [1.82, 2.24) is 5.32 Å². The van der Waals surface area contributed by atoms with Crippen molar-refractivity contribution >= 4 is 17.2 Å². The van der Waals surface area contributed by atoms with Gasteiger partial charge in [-0.1, -0.05) is 31.2 Å². The molecule has 0 fully saturated rings. The van der Waals surface area contributed by atoms with Crippen molar-refractivity contribution in [3.63, 3.8) is 0 Å². The number of hydrogen-bond donors (Lipinski definition) is 1. The van der Waals surface area contributed by atoms with Gasteiger partial charge in [0.2, 0.25) is 5.75 Å². The average molecular weight is 476 g/mol. The summed E-state index contributed by atoms with van der Waals surface area (Å²) < 4.78 is 30.7. The van der Waals surface area contributed by atoms with Crippen molar-refractivity contribution in [2.24, 2.45) is 5.92 Å². The van der Waals surface area contributed by atoms with Crippen LogP contribution in [0.5, 0.6) is 17.2 Å². The minimum Gasteiger partial charge on any atom is -0.493 e. The van der Waals surface area contributed by atoms with Crippen LogP contribution in [0.2, 0.25) is 0 Å². The highest BCUT2D eigenvalue weighted by Crippen LogP contribution is 2.45. The zero-order chi connectivity index (χ0) is 24.9. The maximum absolute atomic E-state index is 14.2. The first-order valence-electron chi connectivity index (χ1n) is 12.0. The van der Waals surface area contributed by atoms with E-state index >= 15 is 0 Å². The van der Waals surface area contributed by atoms with Gasteiger partial charge in [0.25, 0.3) is 0 Å². The maximum Gasteiger partial charge on any atom is 0.203 e. The second kappa shape index (κ2) is 11.0. The molecule has 4 nitrogen and oxygen atoms in total. The van der Waals surface area contributed by atoms with Crippen molar-refractivity contribution in [3.8, 4) is 17.2 Å². The Kier molecular flexibility index (Phi) is 7.76. The summed E-state index contributed by atoms with van der Waals surface area (Å²) in [5.74, 6) is 2.16. The first kappa shape index (κ1) is 24.8. The predicted octanol–water partition coefficient (Wildman–Crippen LogP) is 6.68. The fourth-order valence-corrected chi connectivity index (χ4v) is 4.78. The first-order valence-corrected chi connectivity index (χ1v) is 12.0. The van der Waals surface area contributed by atoms with Crippen molar-refractivity contribution in [1.29, 1.82) is 0 Å². The SMILES string of the molecule is COc1cc(/C=C2/C(C)=C(CCNCC3=CCC(C)C=C3)c3cc(F)ccc32)cc(OC)c1OC. The minimum absolute atomic E-state index is 0.220. The lowest BCUT2D eigenvalue weighted by atomic mass is 9.98. The molecule has 0 aliphatic heterocycles. The Bertz CT molecular complexity index is 1200. The highest BCUT2D eigenvalue weighted by Gasteiger charge is 2.24. The fraction of sp³-hybridized carbons (Fsp3) is 0.333. The van der Waals surface area contributed by atoms with Gasteiger partial charge in [-0.05, 0) is 102 Å². The molecule has 0 heterocycles. The number of benzene rings is 2. The van der Waals surface area contributed by atoms with Crippen LogP contribution in [0.1, 0.15) is 43.4 Å². The molecule has 4 rings (SSSR count). The zero-order valence-corrected chi connectivity index (χ0v) is 21.2. The summed E-state index contributed by atoms with van der Waals surface area (Å²) in [7, 11) is 4.81.